The van der Waals surface area contributed by atoms with Crippen molar-refractivity contribution in [1.82, 2.24) is 19.5 Å². The van der Waals surface area contributed by atoms with E-state index >= 15 is 0 Å². The van der Waals surface area contributed by atoms with Crippen molar-refractivity contribution in [3.63, 3.8) is 0 Å². The van der Waals surface area contributed by atoms with Gasteiger partial charge in [-0.3, -0.25) is 9.36 Å². The summed E-state index contributed by atoms with van der Waals surface area (Å²) in [6.45, 7) is 2.08. The molecule has 0 spiro atoms. The standard InChI is InChI=1S/C24H30Cl3N7O2/c1-2-4-15(7-8-20(28)36)34-22-19(12-29-23(33-22)30-14-5-3-6-16(35)11-14)31-24(34)32-21-17(26)9-13(25)10-18(21)27/h9-10,12,14-16,35H,2-8,11H2,1H3,(H2,28,36)(H,31,32)(H,29,30,33)/t14-,15+,16?/m0/s1. The molecule has 4 rings (SSSR count). The predicted octanol–water partition coefficient (Wildman–Crippen LogP) is 5.85. The number of anilines is 3. The molecule has 0 radical (unpaired) electrons. The summed E-state index contributed by atoms with van der Waals surface area (Å²) in [5.41, 5.74) is 7.12. The molecule has 1 aromatic carbocycles. The highest BCUT2D eigenvalue weighted by Gasteiger charge is 2.24. The molecule has 0 bridgehead atoms. The molecule has 1 aliphatic carbocycles. The molecule has 194 valence electrons. The van der Waals surface area contributed by atoms with Gasteiger partial charge in [0.05, 0.1) is 28.0 Å². The third-order valence-electron chi connectivity index (χ3n) is 6.37. The third-order valence-corrected chi connectivity index (χ3v) is 7.18. The SMILES string of the molecule is CCC[C@H](CCC(N)=O)n1c(Nc2c(Cl)cc(Cl)cc2Cl)nc2cnc(N[C@H]3CCCC(O)C3)nc21. The number of nitrogens with one attached hydrogen (secondary N) is 2. The lowest BCUT2D eigenvalue weighted by Crippen LogP contribution is -2.30. The van der Waals surface area contributed by atoms with Crippen molar-refractivity contribution < 1.29 is 9.90 Å². The van der Waals surface area contributed by atoms with E-state index in [-0.39, 0.29) is 30.5 Å². The van der Waals surface area contributed by atoms with Crippen LogP contribution < -0.4 is 16.4 Å². The summed E-state index contributed by atoms with van der Waals surface area (Å²) in [6.07, 6.45) is 7.09. The molecule has 1 saturated carbocycles. The normalized spacial score (nSPS) is 18.8. The number of aliphatic hydroxyl groups excluding tert-OH is 1. The monoisotopic (exact) mass is 553 g/mol. The molecular weight excluding hydrogens is 525 g/mol. The van der Waals surface area contributed by atoms with Gasteiger partial charge in [0.25, 0.3) is 0 Å². The van der Waals surface area contributed by atoms with Gasteiger partial charge in [-0.1, -0.05) is 48.1 Å². The summed E-state index contributed by atoms with van der Waals surface area (Å²) in [7, 11) is 0. The summed E-state index contributed by atoms with van der Waals surface area (Å²) in [4.78, 5) is 25.6. The highest BCUT2D eigenvalue weighted by atomic mass is 35.5. The number of hydrogen-bond donors (Lipinski definition) is 4. The van der Waals surface area contributed by atoms with Crippen LogP contribution in [0.5, 0.6) is 0 Å². The minimum absolute atomic E-state index is 0.0909. The van der Waals surface area contributed by atoms with Gasteiger partial charge < -0.3 is 21.5 Å². The summed E-state index contributed by atoms with van der Waals surface area (Å²) in [6, 6.07) is 3.18. The topological polar surface area (TPSA) is 131 Å². The maximum atomic E-state index is 11.6. The van der Waals surface area contributed by atoms with Gasteiger partial charge >= 0.3 is 0 Å². The van der Waals surface area contributed by atoms with Gasteiger partial charge in [-0.25, -0.2) is 9.97 Å². The molecule has 1 unspecified atom stereocenters. The number of fused-ring (bicyclic) bond motifs is 1. The van der Waals surface area contributed by atoms with Crippen LogP contribution in [0.3, 0.4) is 0 Å². The summed E-state index contributed by atoms with van der Waals surface area (Å²) in [5.74, 6) is 0.562. The fraction of sp³-hybridized carbons (Fsp3) is 0.500. The second kappa shape index (κ2) is 11.8. The quantitative estimate of drug-likeness (QED) is 0.247. The van der Waals surface area contributed by atoms with Crippen molar-refractivity contribution in [2.75, 3.05) is 10.6 Å². The molecule has 0 aliphatic heterocycles. The number of amides is 1. The van der Waals surface area contributed by atoms with Crippen molar-refractivity contribution in [3.05, 3.63) is 33.4 Å². The van der Waals surface area contributed by atoms with Crippen LogP contribution in [0, 0.1) is 0 Å². The Kier molecular flexibility index (Phi) is 8.77. The summed E-state index contributed by atoms with van der Waals surface area (Å²) < 4.78 is 1.96. The Balaban J connectivity index is 1.77. The van der Waals surface area contributed by atoms with Crippen LogP contribution in [0.15, 0.2) is 18.3 Å². The van der Waals surface area contributed by atoms with Gasteiger partial charge in [-0.05, 0) is 50.7 Å². The van der Waals surface area contributed by atoms with Crippen LogP contribution in [0.1, 0.15) is 64.3 Å². The second-order valence-corrected chi connectivity index (χ2v) is 10.4. The average molecular weight is 555 g/mol. The van der Waals surface area contributed by atoms with E-state index in [0.29, 0.717) is 56.7 Å². The number of carbonyl (C=O) groups is 1. The predicted molar refractivity (Wildman–Crippen MR) is 144 cm³/mol. The first kappa shape index (κ1) is 26.7. The maximum absolute atomic E-state index is 11.6. The highest BCUT2D eigenvalue weighted by molar-refractivity contribution is 6.41. The lowest BCUT2D eigenvalue weighted by molar-refractivity contribution is -0.118. The molecule has 12 heteroatoms. The number of nitrogens with two attached hydrogens (primary N) is 1. The second-order valence-electron chi connectivity index (χ2n) is 9.19. The molecule has 9 nitrogen and oxygen atoms in total. The number of primary amides is 1. The van der Waals surface area contributed by atoms with E-state index in [1.54, 1.807) is 18.3 Å². The number of benzene rings is 1. The molecule has 1 fully saturated rings. The molecular formula is C24H30Cl3N7O2. The van der Waals surface area contributed by atoms with E-state index in [4.69, 9.17) is 50.5 Å². The van der Waals surface area contributed by atoms with E-state index in [1.807, 2.05) is 4.57 Å². The number of aliphatic hydroxyl groups is 1. The number of nitrogens with zero attached hydrogens (tertiary/aromatic N) is 4. The van der Waals surface area contributed by atoms with E-state index in [9.17, 15) is 9.90 Å². The van der Waals surface area contributed by atoms with Gasteiger partial charge in [0.15, 0.2) is 5.65 Å². The molecule has 1 amide bonds. The Labute approximate surface area is 224 Å². The van der Waals surface area contributed by atoms with Crippen LogP contribution >= 0.6 is 34.8 Å². The van der Waals surface area contributed by atoms with E-state index in [1.165, 1.54) is 0 Å². The van der Waals surface area contributed by atoms with Crippen molar-refractivity contribution in [2.24, 2.45) is 5.73 Å². The molecule has 36 heavy (non-hydrogen) atoms. The summed E-state index contributed by atoms with van der Waals surface area (Å²) in [5, 5.41) is 17.8. The van der Waals surface area contributed by atoms with Crippen molar-refractivity contribution in [3.8, 4) is 0 Å². The molecule has 3 atom stereocenters. The smallest absolute Gasteiger partial charge is 0.224 e. The average Bonchev–Trinajstić information content (AvgIpc) is 3.16. The number of hydrogen-bond acceptors (Lipinski definition) is 7. The zero-order valence-electron chi connectivity index (χ0n) is 20.0. The number of carbonyl (C=O) groups excluding carboxylic acids is 1. The maximum Gasteiger partial charge on any atom is 0.224 e. The summed E-state index contributed by atoms with van der Waals surface area (Å²) >= 11 is 19.0. The minimum atomic E-state index is -0.369. The van der Waals surface area contributed by atoms with E-state index in [2.05, 4.69) is 22.5 Å². The Morgan fingerprint density at radius 2 is 1.97 bits per heavy atom. The van der Waals surface area contributed by atoms with Crippen LogP contribution in [-0.4, -0.2) is 42.7 Å². The van der Waals surface area contributed by atoms with Crippen LogP contribution in [0.25, 0.3) is 11.2 Å². The van der Waals surface area contributed by atoms with E-state index < -0.39 is 0 Å². The van der Waals surface area contributed by atoms with Gasteiger partial charge in [-0.15, -0.1) is 0 Å². The number of halogens is 3. The lowest BCUT2D eigenvalue weighted by atomic mass is 9.93. The third kappa shape index (κ3) is 6.32. The number of imidazole rings is 1. The minimum Gasteiger partial charge on any atom is -0.393 e. The first-order chi connectivity index (χ1) is 17.2. The van der Waals surface area contributed by atoms with Crippen molar-refractivity contribution in [2.45, 2.75) is 76.5 Å². The zero-order chi connectivity index (χ0) is 25.8. The number of rotatable bonds is 10. The van der Waals surface area contributed by atoms with Crippen LogP contribution in [0.4, 0.5) is 17.6 Å². The van der Waals surface area contributed by atoms with Crippen LogP contribution in [-0.2, 0) is 4.79 Å². The van der Waals surface area contributed by atoms with Gasteiger partial charge in [-0.2, -0.15) is 4.98 Å². The van der Waals surface area contributed by atoms with Crippen LogP contribution in [0.2, 0.25) is 15.1 Å². The van der Waals surface area contributed by atoms with Crippen molar-refractivity contribution in [1.29, 1.82) is 0 Å². The molecule has 2 heterocycles. The zero-order valence-corrected chi connectivity index (χ0v) is 22.2. The van der Waals surface area contributed by atoms with Gasteiger partial charge in [0, 0.05) is 23.5 Å². The highest BCUT2D eigenvalue weighted by Crippen LogP contribution is 2.38. The Bertz CT molecular complexity index is 1210. The largest absolute Gasteiger partial charge is 0.393 e. The fourth-order valence-corrected chi connectivity index (χ4v) is 5.60. The fourth-order valence-electron chi connectivity index (χ4n) is 4.69. The van der Waals surface area contributed by atoms with Crippen molar-refractivity contribution >= 4 is 69.5 Å². The first-order valence-corrected chi connectivity index (χ1v) is 13.3. The molecule has 1 aliphatic rings. The Morgan fingerprint density at radius 3 is 2.64 bits per heavy atom. The molecule has 3 aromatic rings. The Morgan fingerprint density at radius 1 is 1.22 bits per heavy atom. The molecule has 5 N–H and O–H groups in total. The molecule has 2 aromatic heterocycles. The first-order valence-electron chi connectivity index (χ1n) is 12.1. The van der Waals surface area contributed by atoms with Gasteiger partial charge in [0.1, 0.15) is 5.52 Å². The van der Waals surface area contributed by atoms with E-state index in [0.717, 1.165) is 32.1 Å². The van der Waals surface area contributed by atoms with Gasteiger partial charge in [0.2, 0.25) is 17.8 Å². The molecule has 0 saturated heterocycles. The Hall–Kier alpha value is -2.33. The lowest BCUT2D eigenvalue weighted by Gasteiger charge is -2.26. The number of aromatic nitrogens is 4.